The lowest BCUT2D eigenvalue weighted by molar-refractivity contribution is -0.120. The van der Waals surface area contributed by atoms with Crippen molar-refractivity contribution >= 4 is 41.3 Å². The number of hydrogen-bond donors (Lipinski definition) is 2. The predicted molar refractivity (Wildman–Crippen MR) is 144 cm³/mol. The van der Waals surface area contributed by atoms with Crippen LogP contribution in [-0.2, 0) is 17.0 Å². The van der Waals surface area contributed by atoms with Gasteiger partial charge in [0.05, 0.1) is 0 Å². The molecule has 186 valence electrons. The van der Waals surface area contributed by atoms with Crippen LogP contribution >= 0.6 is 24.2 Å². The molecule has 1 unspecified atom stereocenters. The van der Waals surface area contributed by atoms with Crippen LogP contribution in [0.2, 0.25) is 0 Å². The second-order valence-corrected chi connectivity index (χ2v) is 9.44. The molecule has 1 N–H and O–H groups in total. The van der Waals surface area contributed by atoms with Crippen molar-refractivity contribution in [1.82, 2.24) is 15.1 Å². The van der Waals surface area contributed by atoms with E-state index in [1.54, 1.807) is 9.80 Å². The number of thiol groups is 1. The molecule has 0 aliphatic carbocycles. The number of nitrogens with one attached hydrogen (secondary N) is 1. The van der Waals surface area contributed by atoms with Crippen molar-refractivity contribution in [2.75, 3.05) is 19.0 Å². The van der Waals surface area contributed by atoms with Gasteiger partial charge in [-0.1, -0.05) is 91.0 Å². The summed E-state index contributed by atoms with van der Waals surface area (Å²) in [6.45, 7) is 3.59. The third kappa shape index (κ3) is 4.86. The van der Waals surface area contributed by atoms with Crippen molar-refractivity contribution in [1.29, 1.82) is 0 Å². The number of rotatable bonds is 5. The highest BCUT2D eigenvalue weighted by atomic mass is 35.5. The van der Waals surface area contributed by atoms with Crippen LogP contribution in [0.25, 0.3) is 0 Å². The van der Waals surface area contributed by atoms with Crippen molar-refractivity contribution in [3.05, 3.63) is 107 Å². The summed E-state index contributed by atoms with van der Waals surface area (Å²) in [5, 5.41) is 2.45. The third-order valence-electron chi connectivity index (χ3n) is 6.45. The van der Waals surface area contributed by atoms with Gasteiger partial charge >= 0.3 is 0 Å². The highest BCUT2D eigenvalue weighted by molar-refractivity contribution is 7.96. The fraction of sp³-hybridized carbons (Fsp3) is 0.250. The summed E-state index contributed by atoms with van der Waals surface area (Å²) in [5.74, 6) is 0.345. The Bertz CT molecular complexity index is 1250. The predicted octanol–water partition coefficient (Wildman–Crippen LogP) is 4.95. The molecule has 5 rings (SSSR count). The summed E-state index contributed by atoms with van der Waals surface area (Å²) in [7, 11) is 0. The van der Waals surface area contributed by atoms with Crippen LogP contribution in [0.4, 0.5) is 4.79 Å². The summed E-state index contributed by atoms with van der Waals surface area (Å²) < 4.78 is 0. The number of fused-ring (bicyclic) bond motifs is 3. The van der Waals surface area contributed by atoms with Gasteiger partial charge in [-0.2, -0.15) is 0 Å². The number of nitrogens with zero attached hydrogens (tertiary/aromatic N) is 2. The molecule has 0 saturated carbocycles. The van der Waals surface area contributed by atoms with Gasteiger partial charge in [0.2, 0.25) is 5.91 Å². The van der Waals surface area contributed by atoms with Crippen LogP contribution < -0.4 is 5.32 Å². The van der Waals surface area contributed by atoms with Gasteiger partial charge in [-0.15, -0.1) is 11.6 Å². The van der Waals surface area contributed by atoms with Gasteiger partial charge in [0.1, 0.15) is 0 Å². The number of aryl methyl sites for hydroxylation is 1. The van der Waals surface area contributed by atoms with Crippen LogP contribution in [0.5, 0.6) is 0 Å². The van der Waals surface area contributed by atoms with E-state index in [-0.39, 0.29) is 17.1 Å². The normalized spacial score (nSPS) is 17.7. The number of halogens is 1. The quantitative estimate of drug-likeness (QED) is 0.369. The first-order valence-electron chi connectivity index (χ1n) is 11.8. The lowest BCUT2D eigenvalue weighted by Crippen LogP contribution is -2.50. The van der Waals surface area contributed by atoms with Crippen molar-refractivity contribution in [3.63, 3.8) is 0 Å². The third-order valence-corrected chi connectivity index (χ3v) is 6.88. The summed E-state index contributed by atoms with van der Waals surface area (Å²) in [6, 6.07) is 25.3. The average Bonchev–Trinajstić information content (AvgIpc) is 3.40. The molecule has 3 aromatic carbocycles. The highest BCUT2D eigenvalue weighted by Crippen LogP contribution is 2.49. The Morgan fingerprint density at radius 2 is 1.64 bits per heavy atom. The number of carbonyl (C=O) groups is 3. The maximum absolute atomic E-state index is 12.9. The van der Waals surface area contributed by atoms with Gasteiger partial charge in [0.15, 0.2) is 5.66 Å². The van der Waals surface area contributed by atoms with Crippen LogP contribution in [0, 0.1) is 6.92 Å². The molecule has 1 fully saturated rings. The Hall–Kier alpha value is -3.29. The summed E-state index contributed by atoms with van der Waals surface area (Å²) in [6.07, 6.45) is 0.383. The van der Waals surface area contributed by atoms with Crippen LogP contribution in [-0.4, -0.2) is 45.8 Å². The van der Waals surface area contributed by atoms with E-state index < -0.39 is 5.66 Å². The lowest BCUT2D eigenvalue weighted by atomic mass is 9.90. The highest BCUT2D eigenvalue weighted by Gasteiger charge is 2.59. The molecule has 8 heteroatoms. The molecule has 3 amide bonds. The van der Waals surface area contributed by atoms with Crippen LogP contribution in [0.15, 0.2) is 78.9 Å². The van der Waals surface area contributed by atoms with Gasteiger partial charge in [-0.25, -0.2) is 0 Å². The number of carbonyl (C=O) groups excluding carboxylic acids is 3. The van der Waals surface area contributed by atoms with E-state index in [9.17, 15) is 14.4 Å². The van der Waals surface area contributed by atoms with E-state index in [0.29, 0.717) is 37.5 Å². The van der Waals surface area contributed by atoms with Crippen molar-refractivity contribution in [2.24, 2.45) is 0 Å². The zero-order chi connectivity index (χ0) is 25.7. The first kappa shape index (κ1) is 25.8. The number of alkyl halides is 1. The number of amides is 3. The van der Waals surface area contributed by atoms with E-state index >= 15 is 0 Å². The molecule has 2 heterocycles. The second kappa shape index (κ2) is 11.2. The summed E-state index contributed by atoms with van der Waals surface area (Å²) in [5.41, 5.74) is 3.80. The lowest BCUT2D eigenvalue weighted by Gasteiger charge is -2.39. The number of hydrogen-bond acceptors (Lipinski definition) is 3. The van der Waals surface area contributed by atoms with Gasteiger partial charge in [0, 0.05) is 48.6 Å². The van der Waals surface area contributed by atoms with E-state index in [2.05, 4.69) is 17.9 Å². The van der Waals surface area contributed by atoms with Gasteiger partial charge in [0.25, 0.3) is 11.1 Å². The molecular formula is C28H28ClN3O3S. The summed E-state index contributed by atoms with van der Waals surface area (Å²) in [4.78, 5) is 39.6. The molecule has 0 spiro atoms. The van der Waals surface area contributed by atoms with Gasteiger partial charge < -0.3 is 15.1 Å². The van der Waals surface area contributed by atoms with Crippen molar-refractivity contribution in [2.45, 2.75) is 25.6 Å². The zero-order valence-corrected chi connectivity index (χ0v) is 21.6. The smallest absolute Gasteiger partial charge is 0.281 e. The van der Waals surface area contributed by atoms with Crippen LogP contribution in [0.3, 0.4) is 0 Å². The fourth-order valence-electron chi connectivity index (χ4n) is 4.79. The first-order valence-corrected chi connectivity index (χ1v) is 12.7. The summed E-state index contributed by atoms with van der Waals surface area (Å²) >= 11 is 9.49. The van der Waals surface area contributed by atoms with Crippen molar-refractivity contribution in [3.8, 4) is 0 Å². The van der Waals surface area contributed by atoms with E-state index in [1.165, 1.54) is 0 Å². The molecule has 2 aliphatic rings. The molecular weight excluding hydrogens is 494 g/mol. The minimum absolute atomic E-state index is 0.00106. The van der Waals surface area contributed by atoms with E-state index in [1.807, 2.05) is 85.8 Å². The second-order valence-electron chi connectivity index (χ2n) is 8.68. The Kier molecular flexibility index (Phi) is 8.01. The Morgan fingerprint density at radius 3 is 2.31 bits per heavy atom. The monoisotopic (exact) mass is 521 g/mol. The Labute approximate surface area is 221 Å². The minimum Gasteiger partial charge on any atom is -0.352 e. The fourth-order valence-corrected chi connectivity index (χ4v) is 5.20. The molecule has 36 heavy (non-hydrogen) atoms. The molecule has 2 aliphatic heterocycles. The SMILES string of the molecule is Cc1ccc(C23c4ccccc4C(=O)N2CCN3C(=O)S)cc1.O=C(CCCl)NCc1ccccc1. The van der Waals surface area contributed by atoms with E-state index in [4.69, 9.17) is 11.6 Å². The van der Waals surface area contributed by atoms with Gasteiger partial charge in [-0.3, -0.25) is 14.4 Å². The molecule has 0 aromatic heterocycles. The maximum atomic E-state index is 12.9. The Morgan fingerprint density at radius 1 is 0.972 bits per heavy atom. The maximum Gasteiger partial charge on any atom is 0.281 e. The van der Waals surface area contributed by atoms with Gasteiger partial charge in [-0.05, 0) is 18.6 Å². The molecule has 3 aromatic rings. The molecule has 0 radical (unpaired) electrons. The topological polar surface area (TPSA) is 69.7 Å². The molecule has 1 atom stereocenters. The number of benzene rings is 3. The van der Waals surface area contributed by atoms with E-state index in [0.717, 1.165) is 22.3 Å². The average molecular weight is 522 g/mol. The standard InChI is InChI=1S/C18H16N2O2S.C10H12ClNO/c1-12-6-8-13(9-7-12)18-15-5-3-2-4-14(15)16(21)19(18)10-11-20(18)17(22)23;11-7-6-10(13)12-8-9-4-2-1-3-5-9/h2-9H,10-11H2,1H3,(H,22,23);1-5H,6-8H2,(H,12,13). The molecule has 0 bridgehead atoms. The van der Waals surface area contributed by atoms with Crippen molar-refractivity contribution < 1.29 is 14.4 Å². The zero-order valence-electron chi connectivity index (χ0n) is 20.0. The molecule has 1 saturated heterocycles. The largest absolute Gasteiger partial charge is 0.352 e. The minimum atomic E-state index is -0.875. The molecule has 6 nitrogen and oxygen atoms in total. The Balaban J connectivity index is 0.000000200. The van der Waals surface area contributed by atoms with Crippen LogP contribution in [0.1, 0.15) is 39.0 Å². The first-order chi connectivity index (χ1) is 17.4.